The highest BCUT2D eigenvalue weighted by atomic mass is 16.5. The number of carbonyl (C=O) groups excluding carboxylic acids is 1. The van der Waals surface area contributed by atoms with Crippen molar-refractivity contribution in [1.29, 1.82) is 0 Å². The molecule has 0 radical (unpaired) electrons. The topological polar surface area (TPSA) is 91.2 Å². The molecule has 0 aliphatic rings. The maximum atomic E-state index is 12.0. The zero-order valence-electron chi connectivity index (χ0n) is 12.4. The minimum atomic E-state index is -0.111. The van der Waals surface area contributed by atoms with Gasteiger partial charge in [0.2, 0.25) is 0 Å². The van der Waals surface area contributed by atoms with Crippen LogP contribution in [0.1, 0.15) is 16.8 Å². The first-order valence-electron chi connectivity index (χ1n) is 6.99. The van der Waals surface area contributed by atoms with Gasteiger partial charge in [-0.15, -0.1) is 5.10 Å². The Hall–Kier alpha value is -2.32. The fourth-order valence-corrected chi connectivity index (χ4v) is 1.77. The van der Waals surface area contributed by atoms with E-state index in [0.717, 1.165) is 12.1 Å². The molecule has 0 unspecified atom stereocenters. The molecule has 0 aliphatic heterocycles. The standard InChI is InChI=1S/C14H19N5O3/c1-21-9-10-22-8-2-7-15-14(20)12-3-5-13(6-4-12)19-11-16-17-18-19/h3-6,11H,2,7-10H2,1H3,(H,15,20). The number of nitrogens with one attached hydrogen (secondary N) is 1. The van der Waals surface area contributed by atoms with Crippen LogP contribution in [0.4, 0.5) is 0 Å². The summed E-state index contributed by atoms with van der Waals surface area (Å²) in [6, 6.07) is 7.06. The number of hydrogen-bond donors (Lipinski definition) is 1. The molecule has 0 fully saturated rings. The molecule has 0 spiro atoms. The first kappa shape index (κ1) is 16.1. The summed E-state index contributed by atoms with van der Waals surface area (Å²) in [6.45, 7) is 2.32. The Bertz CT molecular complexity index is 556. The molecule has 22 heavy (non-hydrogen) atoms. The Morgan fingerprint density at radius 1 is 1.23 bits per heavy atom. The Labute approximate surface area is 128 Å². The number of hydrogen-bond acceptors (Lipinski definition) is 6. The molecule has 1 heterocycles. The van der Waals surface area contributed by atoms with E-state index in [1.54, 1.807) is 31.4 Å². The van der Waals surface area contributed by atoms with E-state index in [4.69, 9.17) is 9.47 Å². The summed E-state index contributed by atoms with van der Waals surface area (Å²) in [5.74, 6) is -0.111. The number of rotatable bonds is 9. The van der Waals surface area contributed by atoms with Gasteiger partial charge in [0.15, 0.2) is 0 Å². The van der Waals surface area contributed by atoms with E-state index in [-0.39, 0.29) is 5.91 Å². The second-order valence-electron chi connectivity index (χ2n) is 4.52. The van der Waals surface area contributed by atoms with Gasteiger partial charge in [-0.25, -0.2) is 4.68 Å². The molecular weight excluding hydrogens is 286 g/mol. The van der Waals surface area contributed by atoms with Crippen molar-refractivity contribution in [2.24, 2.45) is 0 Å². The van der Waals surface area contributed by atoms with E-state index in [1.807, 2.05) is 0 Å². The smallest absolute Gasteiger partial charge is 0.251 e. The summed E-state index contributed by atoms with van der Waals surface area (Å²) >= 11 is 0. The summed E-state index contributed by atoms with van der Waals surface area (Å²) in [7, 11) is 1.63. The van der Waals surface area contributed by atoms with E-state index < -0.39 is 0 Å². The van der Waals surface area contributed by atoms with E-state index in [2.05, 4.69) is 20.8 Å². The highest BCUT2D eigenvalue weighted by Gasteiger charge is 2.05. The molecule has 8 heteroatoms. The van der Waals surface area contributed by atoms with Gasteiger partial charge >= 0.3 is 0 Å². The van der Waals surface area contributed by atoms with Gasteiger partial charge in [0, 0.05) is 25.8 Å². The van der Waals surface area contributed by atoms with E-state index >= 15 is 0 Å². The molecule has 8 nitrogen and oxygen atoms in total. The Morgan fingerprint density at radius 2 is 2.05 bits per heavy atom. The van der Waals surface area contributed by atoms with Crippen LogP contribution >= 0.6 is 0 Å². The second-order valence-corrected chi connectivity index (χ2v) is 4.52. The average Bonchev–Trinajstić information content (AvgIpc) is 3.08. The van der Waals surface area contributed by atoms with Crippen LogP contribution in [-0.2, 0) is 9.47 Å². The van der Waals surface area contributed by atoms with Crippen molar-refractivity contribution < 1.29 is 14.3 Å². The van der Waals surface area contributed by atoms with Crippen molar-refractivity contribution in [2.45, 2.75) is 6.42 Å². The number of amides is 1. The number of methoxy groups -OCH3 is 1. The highest BCUT2D eigenvalue weighted by molar-refractivity contribution is 5.94. The number of aromatic nitrogens is 4. The van der Waals surface area contributed by atoms with E-state index in [0.29, 0.717) is 31.9 Å². The van der Waals surface area contributed by atoms with Gasteiger partial charge in [-0.3, -0.25) is 4.79 Å². The number of ether oxygens (including phenoxy) is 2. The summed E-state index contributed by atoms with van der Waals surface area (Å²) in [5.41, 5.74) is 1.39. The van der Waals surface area contributed by atoms with Crippen molar-refractivity contribution >= 4 is 5.91 Å². The van der Waals surface area contributed by atoms with Crippen LogP contribution < -0.4 is 5.32 Å². The van der Waals surface area contributed by atoms with Crippen molar-refractivity contribution in [2.75, 3.05) is 33.5 Å². The van der Waals surface area contributed by atoms with Crippen LogP contribution in [0.2, 0.25) is 0 Å². The van der Waals surface area contributed by atoms with Crippen LogP contribution in [0.25, 0.3) is 5.69 Å². The molecular formula is C14H19N5O3. The third-order valence-electron chi connectivity index (χ3n) is 2.93. The third kappa shape index (κ3) is 4.90. The van der Waals surface area contributed by atoms with Gasteiger partial charge in [-0.1, -0.05) is 0 Å². The van der Waals surface area contributed by atoms with E-state index in [1.165, 1.54) is 11.0 Å². The largest absolute Gasteiger partial charge is 0.382 e. The lowest BCUT2D eigenvalue weighted by Crippen LogP contribution is -2.25. The molecule has 1 aromatic heterocycles. The van der Waals surface area contributed by atoms with Crippen LogP contribution in [0.15, 0.2) is 30.6 Å². The Kier molecular flexibility index (Phi) is 6.46. The number of benzene rings is 1. The number of carbonyl (C=O) groups is 1. The van der Waals surface area contributed by atoms with E-state index in [9.17, 15) is 4.79 Å². The molecule has 0 bridgehead atoms. The number of tetrazole rings is 1. The Morgan fingerprint density at radius 3 is 2.73 bits per heavy atom. The quantitative estimate of drug-likeness (QED) is 0.676. The average molecular weight is 305 g/mol. The lowest BCUT2D eigenvalue weighted by Gasteiger charge is -2.07. The predicted octanol–water partition coefficient (Wildman–Crippen LogP) is 0.445. The van der Waals surface area contributed by atoms with Gasteiger partial charge in [0.05, 0.1) is 18.9 Å². The SMILES string of the molecule is COCCOCCCNC(=O)c1ccc(-n2cnnn2)cc1. The fraction of sp³-hybridized carbons (Fsp3) is 0.429. The van der Waals surface area contributed by atoms with Gasteiger partial charge in [0.25, 0.3) is 5.91 Å². The first-order chi connectivity index (χ1) is 10.8. The van der Waals surface area contributed by atoms with Crippen molar-refractivity contribution in [3.8, 4) is 5.69 Å². The van der Waals surface area contributed by atoms with Crippen LogP contribution in [-0.4, -0.2) is 59.6 Å². The monoisotopic (exact) mass is 305 g/mol. The maximum Gasteiger partial charge on any atom is 0.251 e. The zero-order chi connectivity index (χ0) is 15.6. The zero-order valence-corrected chi connectivity index (χ0v) is 12.4. The molecule has 118 valence electrons. The molecule has 1 amide bonds. The summed E-state index contributed by atoms with van der Waals surface area (Å²) < 4.78 is 11.7. The van der Waals surface area contributed by atoms with Crippen LogP contribution in [0.5, 0.6) is 0 Å². The Balaban J connectivity index is 1.71. The number of nitrogens with zero attached hydrogens (tertiary/aromatic N) is 4. The lowest BCUT2D eigenvalue weighted by atomic mass is 10.2. The highest BCUT2D eigenvalue weighted by Crippen LogP contribution is 2.07. The van der Waals surface area contributed by atoms with Crippen LogP contribution in [0, 0.1) is 0 Å². The lowest BCUT2D eigenvalue weighted by molar-refractivity contribution is 0.0688. The maximum absolute atomic E-state index is 12.0. The molecule has 2 aromatic rings. The summed E-state index contributed by atoms with van der Waals surface area (Å²) in [6.07, 6.45) is 2.26. The minimum absolute atomic E-state index is 0.111. The van der Waals surface area contributed by atoms with Crippen molar-refractivity contribution in [3.63, 3.8) is 0 Å². The predicted molar refractivity (Wildman–Crippen MR) is 78.8 cm³/mol. The normalized spacial score (nSPS) is 10.6. The molecule has 0 aliphatic carbocycles. The third-order valence-corrected chi connectivity index (χ3v) is 2.93. The second kappa shape index (κ2) is 8.85. The molecule has 0 saturated heterocycles. The summed E-state index contributed by atoms with van der Waals surface area (Å²) in [4.78, 5) is 12.0. The van der Waals surface area contributed by atoms with Gasteiger partial charge in [-0.2, -0.15) is 0 Å². The van der Waals surface area contributed by atoms with Gasteiger partial charge in [0.1, 0.15) is 6.33 Å². The fourth-order valence-electron chi connectivity index (χ4n) is 1.77. The molecule has 0 atom stereocenters. The van der Waals surface area contributed by atoms with Gasteiger partial charge in [-0.05, 0) is 41.1 Å². The summed E-state index contributed by atoms with van der Waals surface area (Å²) in [5, 5.41) is 13.8. The molecule has 1 aromatic carbocycles. The minimum Gasteiger partial charge on any atom is -0.382 e. The van der Waals surface area contributed by atoms with Gasteiger partial charge < -0.3 is 14.8 Å². The molecule has 2 rings (SSSR count). The first-order valence-corrected chi connectivity index (χ1v) is 6.99. The van der Waals surface area contributed by atoms with Crippen molar-refractivity contribution in [3.05, 3.63) is 36.2 Å². The molecule has 1 N–H and O–H groups in total. The van der Waals surface area contributed by atoms with Crippen LogP contribution in [0.3, 0.4) is 0 Å². The van der Waals surface area contributed by atoms with Crippen molar-refractivity contribution in [1.82, 2.24) is 25.5 Å². The molecule has 0 saturated carbocycles.